The molecule has 5 unspecified atom stereocenters. The molecule has 1 aromatic carbocycles. The number of nitrogens with one attached hydrogen (secondary N) is 1. The highest BCUT2D eigenvalue weighted by molar-refractivity contribution is 5.86. The summed E-state index contributed by atoms with van der Waals surface area (Å²) in [6.45, 7) is 6.20. The molecule has 3 amide bonds. The fourth-order valence-electron chi connectivity index (χ4n) is 5.96. The van der Waals surface area contributed by atoms with Gasteiger partial charge in [-0.05, 0) is 24.3 Å². The van der Waals surface area contributed by atoms with Crippen LogP contribution in [0.4, 0.5) is 0 Å². The summed E-state index contributed by atoms with van der Waals surface area (Å²) in [5, 5.41) is 2.84. The van der Waals surface area contributed by atoms with Crippen molar-refractivity contribution >= 4 is 23.7 Å². The zero-order valence-electron chi connectivity index (χ0n) is 26.2. The van der Waals surface area contributed by atoms with Crippen molar-refractivity contribution in [3.05, 3.63) is 35.9 Å². The Labute approximate surface area is 250 Å². The first kappa shape index (κ1) is 35.2. The maximum atomic E-state index is 13.7. The summed E-state index contributed by atoms with van der Waals surface area (Å²) in [6, 6.07) is 7.86. The molecular formula is C31H50N4O7. The first-order valence-electron chi connectivity index (χ1n) is 14.8. The lowest BCUT2D eigenvalue weighted by atomic mass is 9.90. The van der Waals surface area contributed by atoms with Crippen LogP contribution in [0.15, 0.2) is 30.3 Å². The number of rotatable bonds is 16. The number of likely N-dealkylation sites (tertiary alicyclic amines) is 1. The Bertz CT molecular complexity index is 1020. The van der Waals surface area contributed by atoms with Gasteiger partial charge in [0.1, 0.15) is 6.04 Å². The lowest BCUT2D eigenvalue weighted by Gasteiger charge is -2.39. The molecule has 0 saturated carbocycles. The van der Waals surface area contributed by atoms with E-state index < -0.39 is 30.1 Å². The van der Waals surface area contributed by atoms with Crippen LogP contribution in [0.2, 0.25) is 0 Å². The third kappa shape index (κ3) is 8.99. The first-order valence-corrected chi connectivity index (χ1v) is 14.8. The Morgan fingerprint density at radius 1 is 1.10 bits per heavy atom. The van der Waals surface area contributed by atoms with E-state index in [1.54, 1.807) is 30.9 Å². The van der Waals surface area contributed by atoms with Gasteiger partial charge in [0, 0.05) is 34.2 Å². The van der Waals surface area contributed by atoms with Crippen LogP contribution < -0.4 is 11.1 Å². The van der Waals surface area contributed by atoms with Crippen molar-refractivity contribution in [1.82, 2.24) is 15.1 Å². The number of hydrogen-bond donors (Lipinski definition) is 2. The molecule has 0 radical (unpaired) electrons. The van der Waals surface area contributed by atoms with Gasteiger partial charge >= 0.3 is 5.97 Å². The number of nitrogens with two attached hydrogens (primary N) is 1. The molecule has 1 aliphatic heterocycles. The molecule has 42 heavy (non-hydrogen) atoms. The summed E-state index contributed by atoms with van der Waals surface area (Å²) in [6.07, 6.45) is 1.46. The summed E-state index contributed by atoms with van der Waals surface area (Å²) in [5.74, 6) is -1.82. The number of likely N-dealkylation sites (N-methyl/N-ethyl adjacent to an activating group) is 1. The Morgan fingerprint density at radius 2 is 1.76 bits per heavy atom. The highest BCUT2D eigenvalue weighted by atomic mass is 16.5. The smallest absolute Gasteiger partial charge is 0.328 e. The monoisotopic (exact) mass is 590 g/mol. The van der Waals surface area contributed by atoms with Gasteiger partial charge in [-0.15, -0.1) is 0 Å². The van der Waals surface area contributed by atoms with Crippen molar-refractivity contribution in [3.63, 3.8) is 0 Å². The summed E-state index contributed by atoms with van der Waals surface area (Å²) >= 11 is 0. The highest BCUT2D eigenvalue weighted by Gasteiger charge is 2.42. The van der Waals surface area contributed by atoms with E-state index in [0.29, 0.717) is 13.0 Å². The van der Waals surface area contributed by atoms with Gasteiger partial charge in [0.25, 0.3) is 0 Å². The van der Waals surface area contributed by atoms with Crippen LogP contribution in [0.5, 0.6) is 0 Å². The van der Waals surface area contributed by atoms with E-state index in [-0.39, 0.29) is 55.1 Å². The number of nitrogens with zero attached hydrogens (tertiary/aromatic N) is 2. The molecular weight excluding hydrogens is 540 g/mol. The number of methoxy groups -OCH3 is 3. The van der Waals surface area contributed by atoms with Crippen LogP contribution in [-0.2, 0) is 39.8 Å². The van der Waals surface area contributed by atoms with Crippen molar-refractivity contribution in [1.29, 1.82) is 0 Å². The Hall–Kier alpha value is -3.02. The summed E-state index contributed by atoms with van der Waals surface area (Å²) in [7, 11) is 6.06. The minimum atomic E-state index is -0.862. The zero-order chi connectivity index (χ0) is 31.4. The molecule has 1 heterocycles. The Balaban J connectivity index is 2.19. The van der Waals surface area contributed by atoms with Crippen molar-refractivity contribution in [2.45, 2.75) is 83.2 Å². The average molecular weight is 591 g/mol. The normalized spacial score (nSPS) is 19.2. The maximum absolute atomic E-state index is 13.7. The number of esters is 1. The molecule has 0 bridgehead atoms. The van der Waals surface area contributed by atoms with Crippen LogP contribution in [0.25, 0.3) is 0 Å². The van der Waals surface area contributed by atoms with E-state index >= 15 is 0 Å². The molecule has 1 fully saturated rings. The third-order valence-electron chi connectivity index (χ3n) is 8.56. The second-order valence-electron chi connectivity index (χ2n) is 11.1. The second-order valence-corrected chi connectivity index (χ2v) is 11.1. The predicted octanol–water partition coefficient (Wildman–Crippen LogP) is 1.77. The van der Waals surface area contributed by atoms with Crippen LogP contribution in [0.3, 0.4) is 0 Å². The van der Waals surface area contributed by atoms with E-state index in [4.69, 9.17) is 19.9 Å². The van der Waals surface area contributed by atoms with Crippen molar-refractivity contribution in [2.24, 2.45) is 17.6 Å². The maximum Gasteiger partial charge on any atom is 0.328 e. The lowest BCUT2D eigenvalue weighted by molar-refractivity contribution is -0.148. The largest absolute Gasteiger partial charge is 0.467 e. The van der Waals surface area contributed by atoms with E-state index in [1.165, 1.54) is 14.2 Å². The van der Waals surface area contributed by atoms with Gasteiger partial charge in [0.15, 0.2) is 0 Å². The SMILES string of the molecule is CCC(C)C(C(CC(=O)N1CCC[C@H]1C(OC)C(C)C(=O)N[C@@H](Cc1ccccc1)C(=O)OC)OC)N(C)C(=O)CN. The van der Waals surface area contributed by atoms with Crippen molar-refractivity contribution < 1.29 is 33.4 Å². The lowest BCUT2D eigenvalue weighted by Crippen LogP contribution is -2.54. The van der Waals surface area contributed by atoms with Gasteiger partial charge in [0.05, 0.1) is 50.3 Å². The van der Waals surface area contributed by atoms with Gasteiger partial charge in [-0.2, -0.15) is 0 Å². The topological polar surface area (TPSA) is 141 Å². The number of carbonyl (C=O) groups excluding carboxylic acids is 4. The van der Waals surface area contributed by atoms with Gasteiger partial charge in [0.2, 0.25) is 17.7 Å². The number of ether oxygens (including phenoxy) is 3. The van der Waals surface area contributed by atoms with E-state index in [1.807, 2.05) is 44.2 Å². The van der Waals surface area contributed by atoms with Crippen LogP contribution >= 0.6 is 0 Å². The molecule has 236 valence electrons. The summed E-state index contributed by atoms with van der Waals surface area (Å²) in [4.78, 5) is 55.5. The molecule has 1 aliphatic rings. The minimum absolute atomic E-state index is 0.0721. The fourth-order valence-corrected chi connectivity index (χ4v) is 5.96. The Kier molecular flexibility index (Phi) is 14.4. The average Bonchev–Trinajstić information content (AvgIpc) is 3.49. The van der Waals surface area contributed by atoms with E-state index in [9.17, 15) is 19.2 Å². The van der Waals surface area contributed by atoms with E-state index in [2.05, 4.69) is 5.32 Å². The quantitative estimate of drug-likeness (QED) is 0.278. The predicted molar refractivity (Wildman–Crippen MR) is 159 cm³/mol. The van der Waals surface area contributed by atoms with Gasteiger partial charge in [-0.25, -0.2) is 4.79 Å². The number of carbonyl (C=O) groups is 4. The molecule has 0 aromatic heterocycles. The number of benzene rings is 1. The molecule has 1 aromatic rings. The molecule has 11 nitrogen and oxygen atoms in total. The fraction of sp³-hybridized carbons (Fsp3) is 0.677. The number of hydrogen-bond acceptors (Lipinski definition) is 8. The molecule has 0 spiro atoms. The molecule has 2 rings (SSSR count). The first-order chi connectivity index (χ1) is 20.0. The Morgan fingerprint density at radius 3 is 2.31 bits per heavy atom. The van der Waals surface area contributed by atoms with Gasteiger partial charge < -0.3 is 35.1 Å². The molecule has 1 saturated heterocycles. The molecule has 0 aliphatic carbocycles. The van der Waals surface area contributed by atoms with Crippen molar-refractivity contribution in [3.8, 4) is 0 Å². The van der Waals surface area contributed by atoms with Crippen LogP contribution in [-0.4, -0.2) is 105 Å². The summed E-state index contributed by atoms with van der Waals surface area (Å²) in [5.41, 5.74) is 6.52. The molecule has 7 atom stereocenters. The molecule has 11 heteroatoms. The standard InChI is InChI=1S/C31H50N4O7/c1-8-20(2)28(34(4)27(37)19-32)25(40-5)18-26(36)35-16-12-15-24(35)29(41-6)21(3)30(38)33-23(31(39)42-7)17-22-13-10-9-11-14-22/h9-11,13-14,20-21,23-25,28-29H,8,12,15-19,32H2,1-7H3,(H,33,38)/t20?,21?,23-,24-,25?,28?,29?/m0/s1. The summed E-state index contributed by atoms with van der Waals surface area (Å²) < 4.78 is 16.6. The minimum Gasteiger partial charge on any atom is -0.467 e. The van der Waals surface area contributed by atoms with Crippen molar-refractivity contribution in [2.75, 3.05) is 41.5 Å². The van der Waals surface area contributed by atoms with E-state index in [0.717, 1.165) is 18.4 Å². The van der Waals surface area contributed by atoms with Crippen LogP contribution in [0, 0.1) is 11.8 Å². The number of amides is 3. The van der Waals surface area contributed by atoms with Gasteiger partial charge in [-0.1, -0.05) is 57.5 Å². The third-order valence-corrected chi connectivity index (χ3v) is 8.56. The molecule has 3 N–H and O–H groups in total. The zero-order valence-corrected chi connectivity index (χ0v) is 26.2. The van der Waals surface area contributed by atoms with Gasteiger partial charge in [-0.3, -0.25) is 14.4 Å². The highest BCUT2D eigenvalue weighted by Crippen LogP contribution is 2.29. The van der Waals surface area contributed by atoms with Crippen LogP contribution in [0.1, 0.15) is 52.0 Å². The second kappa shape index (κ2) is 17.2.